The third-order valence-corrected chi connectivity index (χ3v) is 5.98. The van der Waals surface area contributed by atoms with Crippen LogP contribution in [0, 0.1) is 6.92 Å². The molecule has 2 N–H and O–H groups in total. The number of carbonyl (C=O) groups excluding carboxylic acids is 2. The molecule has 7 nitrogen and oxygen atoms in total. The molecule has 2 aromatic heterocycles. The third-order valence-electron chi connectivity index (χ3n) is 4.39. The normalized spacial score (nSPS) is 15.6. The summed E-state index contributed by atoms with van der Waals surface area (Å²) in [6.45, 7) is 2.34. The highest BCUT2D eigenvalue weighted by atomic mass is 35.5. The Kier molecular flexibility index (Phi) is 5.87. The summed E-state index contributed by atoms with van der Waals surface area (Å²) in [7, 11) is 0. The number of aryl methyl sites for hydroxylation is 1. The minimum atomic E-state index is -0.779. The summed E-state index contributed by atoms with van der Waals surface area (Å²) in [6.07, 6.45) is 4.95. The largest absolute Gasteiger partial charge is 0.489 e. The van der Waals surface area contributed by atoms with Crippen molar-refractivity contribution in [3.63, 3.8) is 0 Å². The van der Waals surface area contributed by atoms with E-state index in [9.17, 15) is 9.59 Å². The highest BCUT2D eigenvalue weighted by molar-refractivity contribution is 7.99. The molecule has 1 unspecified atom stereocenters. The first-order valence-corrected chi connectivity index (χ1v) is 10.3. The standard InChI is InChI=1S/C21H17ClN4O3S/c1-12-8-13(4-7-24-12)11-29-14-2-3-18(16(22)9-14)30-17-5-6-23-10-15(17)19-20(27)26-21(28)25-19/h2-10,19H,11H2,1H3,(H2,25,26,27,28). The number of hydrogen-bond donors (Lipinski definition) is 2. The highest BCUT2D eigenvalue weighted by Gasteiger charge is 2.32. The van der Waals surface area contributed by atoms with Crippen molar-refractivity contribution < 1.29 is 14.3 Å². The lowest BCUT2D eigenvalue weighted by Crippen LogP contribution is -2.22. The number of halogens is 1. The van der Waals surface area contributed by atoms with Gasteiger partial charge in [-0.25, -0.2) is 4.79 Å². The second-order valence-corrected chi connectivity index (χ2v) is 8.09. The Morgan fingerprint density at radius 3 is 2.73 bits per heavy atom. The maximum atomic E-state index is 12.0. The monoisotopic (exact) mass is 440 g/mol. The van der Waals surface area contributed by atoms with E-state index in [0.29, 0.717) is 22.9 Å². The fourth-order valence-corrected chi connectivity index (χ4v) is 4.21. The van der Waals surface area contributed by atoms with Crippen LogP contribution in [0.1, 0.15) is 22.9 Å². The number of amides is 3. The van der Waals surface area contributed by atoms with Crippen LogP contribution >= 0.6 is 23.4 Å². The quantitative estimate of drug-likeness (QED) is 0.562. The van der Waals surface area contributed by atoms with Gasteiger partial charge in [0, 0.05) is 39.6 Å². The second kappa shape index (κ2) is 8.73. The number of ether oxygens (including phenoxy) is 1. The average Bonchev–Trinajstić information content (AvgIpc) is 3.06. The summed E-state index contributed by atoms with van der Waals surface area (Å²) in [5, 5.41) is 5.35. The summed E-state index contributed by atoms with van der Waals surface area (Å²) in [5.74, 6) is 0.243. The fourth-order valence-electron chi connectivity index (χ4n) is 2.97. The van der Waals surface area contributed by atoms with Gasteiger partial charge in [-0.1, -0.05) is 23.4 Å². The first kappa shape index (κ1) is 20.2. The number of benzene rings is 1. The van der Waals surface area contributed by atoms with E-state index in [-0.39, 0.29) is 0 Å². The summed E-state index contributed by atoms with van der Waals surface area (Å²) in [4.78, 5) is 33.3. The molecule has 30 heavy (non-hydrogen) atoms. The number of carbonyl (C=O) groups is 2. The number of urea groups is 1. The van der Waals surface area contributed by atoms with Crippen LogP contribution in [0.5, 0.6) is 5.75 Å². The minimum Gasteiger partial charge on any atom is -0.489 e. The summed E-state index contributed by atoms with van der Waals surface area (Å²) in [5.41, 5.74) is 2.56. The van der Waals surface area contributed by atoms with E-state index in [4.69, 9.17) is 16.3 Å². The maximum Gasteiger partial charge on any atom is 0.322 e. The van der Waals surface area contributed by atoms with Gasteiger partial charge in [0.25, 0.3) is 5.91 Å². The number of hydrogen-bond acceptors (Lipinski definition) is 6. The molecule has 0 bridgehead atoms. The SMILES string of the molecule is Cc1cc(COc2ccc(Sc3ccncc3C3NC(=O)NC3=O)c(Cl)c2)ccn1. The lowest BCUT2D eigenvalue weighted by Gasteiger charge is -2.14. The van der Waals surface area contributed by atoms with Crippen LogP contribution in [0.2, 0.25) is 5.02 Å². The molecule has 3 aromatic rings. The maximum absolute atomic E-state index is 12.0. The van der Waals surface area contributed by atoms with Gasteiger partial charge in [-0.05, 0) is 48.9 Å². The number of rotatable bonds is 6. The number of aromatic nitrogens is 2. The Hall–Kier alpha value is -3.10. The molecular formula is C21H17ClN4O3S. The van der Waals surface area contributed by atoms with Crippen molar-refractivity contribution in [2.75, 3.05) is 0 Å². The van der Waals surface area contributed by atoms with E-state index in [0.717, 1.165) is 21.0 Å². The molecule has 1 fully saturated rings. The van der Waals surface area contributed by atoms with Crippen molar-refractivity contribution in [3.05, 3.63) is 76.8 Å². The lowest BCUT2D eigenvalue weighted by molar-refractivity contribution is -0.120. The molecule has 0 saturated carbocycles. The molecule has 1 aliphatic rings. The van der Waals surface area contributed by atoms with Crippen molar-refractivity contribution in [3.8, 4) is 5.75 Å². The Morgan fingerprint density at radius 1 is 1.13 bits per heavy atom. The molecule has 1 atom stereocenters. The molecular weight excluding hydrogens is 424 g/mol. The fraction of sp³-hybridized carbons (Fsp3) is 0.143. The van der Waals surface area contributed by atoms with Crippen LogP contribution in [0.15, 0.2) is 64.8 Å². The predicted octanol–water partition coefficient (Wildman–Crippen LogP) is 4.05. The molecule has 1 saturated heterocycles. The van der Waals surface area contributed by atoms with Gasteiger partial charge in [-0.15, -0.1) is 0 Å². The topological polar surface area (TPSA) is 93.2 Å². The van der Waals surface area contributed by atoms with Crippen LogP contribution in [0.4, 0.5) is 4.79 Å². The van der Waals surface area contributed by atoms with Gasteiger partial charge in [0.2, 0.25) is 0 Å². The predicted molar refractivity (Wildman–Crippen MR) is 113 cm³/mol. The molecule has 1 aromatic carbocycles. The molecule has 3 amide bonds. The van der Waals surface area contributed by atoms with Crippen LogP contribution in [-0.2, 0) is 11.4 Å². The second-order valence-electron chi connectivity index (χ2n) is 6.60. The zero-order valence-electron chi connectivity index (χ0n) is 15.9. The number of pyridine rings is 2. The van der Waals surface area contributed by atoms with Crippen molar-refractivity contribution in [2.24, 2.45) is 0 Å². The van der Waals surface area contributed by atoms with Crippen molar-refractivity contribution in [1.82, 2.24) is 20.6 Å². The summed E-state index contributed by atoms with van der Waals surface area (Å²) >= 11 is 7.86. The van der Waals surface area contributed by atoms with E-state index in [1.807, 2.05) is 31.2 Å². The van der Waals surface area contributed by atoms with Gasteiger partial charge in [0.1, 0.15) is 18.4 Å². The van der Waals surface area contributed by atoms with E-state index in [1.165, 1.54) is 11.8 Å². The van der Waals surface area contributed by atoms with Crippen molar-refractivity contribution in [2.45, 2.75) is 29.4 Å². The van der Waals surface area contributed by atoms with E-state index in [2.05, 4.69) is 20.6 Å². The van der Waals surface area contributed by atoms with Crippen LogP contribution < -0.4 is 15.4 Å². The first-order valence-electron chi connectivity index (χ1n) is 9.06. The van der Waals surface area contributed by atoms with Gasteiger partial charge >= 0.3 is 6.03 Å². The van der Waals surface area contributed by atoms with Crippen molar-refractivity contribution in [1.29, 1.82) is 0 Å². The summed E-state index contributed by atoms with van der Waals surface area (Å²) < 4.78 is 5.83. The van der Waals surface area contributed by atoms with E-state index >= 15 is 0 Å². The molecule has 9 heteroatoms. The molecule has 3 heterocycles. The van der Waals surface area contributed by atoms with Gasteiger partial charge in [-0.3, -0.25) is 20.1 Å². The van der Waals surface area contributed by atoms with Crippen LogP contribution in [-0.4, -0.2) is 21.9 Å². The number of nitrogens with one attached hydrogen (secondary N) is 2. The molecule has 1 aliphatic heterocycles. The Bertz CT molecular complexity index is 1120. The van der Waals surface area contributed by atoms with Gasteiger partial charge in [-0.2, -0.15) is 0 Å². The van der Waals surface area contributed by atoms with Gasteiger partial charge in [0.05, 0.1) is 5.02 Å². The van der Waals surface area contributed by atoms with E-state index < -0.39 is 18.0 Å². The Labute approximate surface area is 182 Å². The molecule has 4 rings (SSSR count). The average molecular weight is 441 g/mol. The zero-order chi connectivity index (χ0) is 21.1. The third kappa shape index (κ3) is 4.55. The smallest absolute Gasteiger partial charge is 0.322 e. The van der Waals surface area contributed by atoms with Crippen molar-refractivity contribution >= 4 is 35.3 Å². The highest BCUT2D eigenvalue weighted by Crippen LogP contribution is 2.38. The molecule has 0 aliphatic carbocycles. The lowest BCUT2D eigenvalue weighted by atomic mass is 10.1. The Balaban J connectivity index is 1.49. The zero-order valence-corrected chi connectivity index (χ0v) is 17.5. The number of imide groups is 1. The van der Waals surface area contributed by atoms with E-state index in [1.54, 1.807) is 30.7 Å². The van der Waals surface area contributed by atoms with Crippen LogP contribution in [0.25, 0.3) is 0 Å². The number of nitrogens with zero attached hydrogens (tertiary/aromatic N) is 2. The molecule has 152 valence electrons. The first-order chi connectivity index (χ1) is 14.5. The summed E-state index contributed by atoms with van der Waals surface area (Å²) in [6, 6.07) is 9.81. The Morgan fingerprint density at radius 2 is 2.00 bits per heavy atom. The molecule has 0 spiro atoms. The van der Waals surface area contributed by atoms with Gasteiger partial charge < -0.3 is 10.1 Å². The minimum absolute atomic E-state index is 0.406. The van der Waals surface area contributed by atoms with Gasteiger partial charge in [0.15, 0.2) is 0 Å². The van der Waals surface area contributed by atoms with Crippen LogP contribution in [0.3, 0.4) is 0 Å². The molecule has 0 radical (unpaired) electrons.